The number of piperidine rings is 1. The molecule has 1 aromatic carbocycles. The zero-order valence-corrected chi connectivity index (χ0v) is 21.7. The van der Waals surface area contributed by atoms with Crippen LogP contribution in [0.5, 0.6) is 5.88 Å². The smallest absolute Gasteiger partial charge is 0.218 e. The number of aromatic nitrogens is 4. The number of nitrogens with zero attached hydrogens (tertiary/aromatic N) is 4. The molecule has 1 atom stereocenters. The minimum atomic E-state index is -1.47. The van der Waals surface area contributed by atoms with E-state index >= 15 is 0 Å². The fourth-order valence-electron chi connectivity index (χ4n) is 5.22. The highest BCUT2D eigenvalue weighted by Crippen LogP contribution is 2.40. The van der Waals surface area contributed by atoms with Crippen LogP contribution in [0.2, 0.25) is 5.02 Å². The van der Waals surface area contributed by atoms with Crippen molar-refractivity contribution in [3.05, 3.63) is 82.2 Å². The number of fused-ring (bicyclic) bond motifs is 1. The molecule has 1 aliphatic heterocycles. The van der Waals surface area contributed by atoms with Gasteiger partial charge in [-0.3, -0.25) is 4.98 Å². The van der Waals surface area contributed by atoms with E-state index < -0.39 is 5.60 Å². The maximum Gasteiger partial charge on any atom is 0.218 e. The maximum absolute atomic E-state index is 12.3. The van der Waals surface area contributed by atoms with Gasteiger partial charge in [-0.25, -0.2) is 9.97 Å². The SMILES string of the molecule is COc1nc2ccc(C(O)(c3ccc(C)nc3)c3cncn3C)cc2c(Cl)c1CCC1CCNCC1. The van der Waals surface area contributed by atoms with Crippen LogP contribution in [0.1, 0.15) is 47.3 Å². The Morgan fingerprint density at radius 3 is 2.61 bits per heavy atom. The second-order valence-corrected chi connectivity index (χ2v) is 10.0. The third-order valence-corrected chi connectivity index (χ3v) is 7.80. The van der Waals surface area contributed by atoms with Gasteiger partial charge in [0.1, 0.15) is 0 Å². The molecule has 1 unspecified atom stereocenters. The van der Waals surface area contributed by atoms with Gasteiger partial charge in [0.25, 0.3) is 0 Å². The van der Waals surface area contributed by atoms with E-state index in [9.17, 15) is 5.11 Å². The Labute approximate surface area is 216 Å². The van der Waals surface area contributed by atoms with Crippen molar-refractivity contribution in [2.24, 2.45) is 13.0 Å². The van der Waals surface area contributed by atoms with Gasteiger partial charge in [0.2, 0.25) is 5.88 Å². The highest BCUT2D eigenvalue weighted by molar-refractivity contribution is 6.36. The molecule has 7 nitrogen and oxygen atoms in total. The quantitative estimate of drug-likeness (QED) is 0.383. The molecule has 0 spiro atoms. The summed E-state index contributed by atoms with van der Waals surface area (Å²) in [5, 5.41) is 17.1. The number of halogens is 1. The fourth-order valence-corrected chi connectivity index (χ4v) is 5.55. The van der Waals surface area contributed by atoms with E-state index in [4.69, 9.17) is 21.3 Å². The molecule has 1 fully saturated rings. The Balaban J connectivity index is 1.62. The second-order valence-electron chi connectivity index (χ2n) is 9.67. The number of methoxy groups -OCH3 is 1. The zero-order valence-electron chi connectivity index (χ0n) is 21.0. The zero-order chi connectivity index (χ0) is 25.3. The number of hydrogen-bond acceptors (Lipinski definition) is 6. The molecule has 3 aromatic heterocycles. The van der Waals surface area contributed by atoms with Gasteiger partial charge in [0.05, 0.1) is 35.9 Å². The predicted molar refractivity (Wildman–Crippen MR) is 142 cm³/mol. The summed E-state index contributed by atoms with van der Waals surface area (Å²) in [6, 6.07) is 9.50. The molecular formula is C28H32ClN5O2. The van der Waals surface area contributed by atoms with Crippen LogP contribution in [-0.2, 0) is 19.1 Å². The number of aryl methyl sites for hydroxylation is 2. The number of nitrogens with one attached hydrogen (secondary N) is 1. The lowest BCUT2D eigenvalue weighted by Gasteiger charge is -2.30. The van der Waals surface area contributed by atoms with Crippen LogP contribution in [0.3, 0.4) is 0 Å². The summed E-state index contributed by atoms with van der Waals surface area (Å²) in [5.41, 5.74) is 3.00. The van der Waals surface area contributed by atoms with E-state index in [1.54, 1.807) is 25.8 Å². The Morgan fingerprint density at radius 1 is 1.17 bits per heavy atom. The molecule has 0 bridgehead atoms. The molecule has 4 aromatic rings. The van der Waals surface area contributed by atoms with Crippen molar-refractivity contribution in [2.45, 2.75) is 38.2 Å². The van der Waals surface area contributed by atoms with Crippen LogP contribution in [0.4, 0.5) is 0 Å². The molecule has 188 valence electrons. The van der Waals surface area contributed by atoms with Crippen molar-refractivity contribution in [3.63, 3.8) is 0 Å². The van der Waals surface area contributed by atoms with Crippen molar-refractivity contribution in [1.82, 2.24) is 24.8 Å². The topological polar surface area (TPSA) is 85.1 Å². The lowest BCUT2D eigenvalue weighted by molar-refractivity contribution is 0.117. The second kappa shape index (κ2) is 10.2. The van der Waals surface area contributed by atoms with E-state index in [1.807, 2.05) is 48.9 Å². The van der Waals surface area contributed by atoms with Gasteiger partial charge >= 0.3 is 0 Å². The van der Waals surface area contributed by atoms with Gasteiger partial charge in [-0.2, -0.15) is 0 Å². The van der Waals surface area contributed by atoms with Crippen LogP contribution in [0.25, 0.3) is 10.9 Å². The van der Waals surface area contributed by atoms with Crippen molar-refractivity contribution in [3.8, 4) is 5.88 Å². The van der Waals surface area contributed by atoms with Crippen LogP contribution < -0.4 is 10.1 Å². The predicted octanol–water partition coefficient (Wildman–Crippen LogP) is 4.55. The number of benzene rings is 1. The minimum absolute atomic E-state index is 0.568. The third-order valence-electron chi connectivity index (χ3n) is 7.37. The largest absolute Gasteiger partial charge is 0.481 e. The summed E-state index contributed by atoms with van der Waals surface area (Å²) in [5.74, 6) is 1.23. The summed E-state index contributed by atoms with van der Waals surface area (Å²) in [6.07, 6.45) is 9.27. The lowest BCUT2D eigenvalue weighted by atomic mass is 9.83. The normalized spacial score (nSPS) is 16.2. The average Bonchev–Trinajstić information content (AvgIpc) is 3.34. The van der Waals surface area contributed by atoms with Crippen LogP contribution >= 0.6 is 11.6 Å². The number of hydrogen-bond donors (Lipinski definition) is 2. The van der Waals surface area contributed by atoms with Gasteiger partial charge in [0, 0.05) is 35.5 Å². The summed E-state index contributed by atoms with van der Waals surface area (Å²) in [4.78, 5) is 13.5. The molecule has 1 saturated heterocycles. The standard InChI is InChI=1S/C28H32ClN5O2/c1-18-4-6-21(15-32-18)28(35,25-16-31-17-34(25)2)20-7-9-24-23(14-20)26(29)22(27(33-24)36-3)8-5-19-10-12-30-13-11-19/h4,6-7,9,14-17,19,30,35H,5,8,10-13H2,1-3H3. The molecule has 0 saturated carbocycles. The first-order chi connectivity index (χ1) is 17.4. The fraction of sp³-hybridized carbons (Fsp3) is 0.393. The van der Waals surface area contributed by atoms with Crippen LogP contribution in [-0.4, -0.2) is 44.8 Å². The highest BCUT2D eigenvalue weighted by atomic mass is 35.5. The number of pyridine rings is 2. The molecular weight excluding hydrogens is 474 g/mol. The first-order valence-corrected chi connectivity index (χ1v) is 12.8. The average molecular weight is 506 g/mol. The number of ether oxygens (including phenoxy) is 1. The van der Waals surface area contributed by atoms with Crippen LogP contribution in [0.15, 0.2) is 49.1 Å². The van der Waals surface area contributed by atoms with Gasteiger partial charge < -0.3 is 19.7 Å². The molecule has 0 aliphatic carbocycles. The Hall–Kier alpha value is -3.00. The van der Waals surface area contributed by atoms with Gasteiger partial charge in [-0.1, -0.05) is 23.7 Å². The molecule has 8 heteroatoms. The maximum atomic E-state index is 12.3. The first-order valence-electron chi connectivity index (χ1n) is 12.4. The van der Waals surface area contributed by atoms with Crippen LogP contribution in [0, 0.1) is 12.8 Å². The van der Waals surface area contributed by atoms with E-state index in [2.05, 4.69) is 15.3 Å². The summed E-state index contributed by atoms with van der Waals surface area (Å²) < 4.78 is 7.47. The first kappa shape index (κ1) is 24.7. The van der Waals surface area contributed by atoms with Gasteiger partial charge in [0.15, 0.2) is 5.60 Å². The summed E-state index contributed by atoms with van der Waals surface area (Å²) >= 11 is 7.04. The third kappa shape index (κ3) is 4.47. The van der Waals surface area contributed by atoms with E-state index in [0.717, 1.165) is 48.1 Å². The Kier molecular flexibility index (Phi) is 6.97. The molecule has 2 N–H and O–H groups in total. The number of aliphatic hydroxyl groups is 1. The van der Waals surface area contributed by atoms with Crippen molar-refractivity contribution in [2.75, 3.05) is 20.2 Å². The lowest BCUT2D eigenvalue weighted by Crippen LogP contribution is -2.31. The number of imidazole rings is 1. The van der Waals surface area contributed by atoms with Crippen molar-refractivity contribution >= 4 is 22.5 Å². The molecule has 36 heavy (non-hydrogen) atoms. The summed E-state index contributed by atoms with van der Waals surface area (Å²) in [6.45, 7) is 4.05. The van der Waals surface area contributed by atoms with E-state index in [1.165, 1.54) is 12.8 Å². The summed E-state index contributed by atoms with van der Waals surface area (Å²) in [7, 11) is 3.51. The van der Waals surface area contributed by atoms with Crippen molar-refractivity contribution < 1.29 is 9.84 Å². The van der Waals surface area contributed by atoms with Crippen molar-refractivity contribution in [1.29, 1.82) is 0 Å². The molecule has 4 heterocycles. The number of rotatable bonds is 7. The molecule has 5 rings (SSSR count). The minimum Gasteiger partial charge on any atom is -0.481 e. The molecule has 1 aliphatic rings. The van der Waals surface area contributed by atoms with E-state index in [-0.39, 0.29) is 0 Å². The Morgan fingerprint density at radius 2 is 1.94 bits per heavy atom. The molecule has 0 amide bonds. The molecule has 0 radical (unpaired) electrons. The Bertz CT molecular complexity index is 1360. The van der Waals surface area contributed by atoms with Gasteiger partial charge in [-0.05, 0) is 75.4 Å². The van der Waals surface area contributed by atoms with E-state index in [0.29, 0.717) is 33.6 Å². The van der Waals surface area contributed by atoms with Gasteiger partial charge in [-0.15, -0.1) is 0 Å². The highest BCUT2D eigenvalue weighted by Gasteiger charge is 2.37. The monoisotopic (exact) mass is 505 g/mol.